The fourth-order valence-corrected chi connectivity index (χ4v) is 1.36. The molecule has 0 bridgehead atoms. The molecule has 2 rings (SSSR count). The van der Waals surface area contributed by atoms with E-state index in [1.807, 2.05) is 43.5 Å². The largest absolute Gasteiger partial charge is 0.323 e. The molecule has 1 aromatic carbocycles. The van der Waals surface area contributed by atoms with E-state index in [9.17, 15) is 0 Å². The Kier molecular flexibility index (Phi) is 1.77. The van der Waals surface area contributed by atoms with Gasteiger partial charge < -0.3 is 5.84 Å². The summed E-state index contributed by atoms with van der Waals surface area (Å²) >= 11 is 0. The highest BCUT2D eigenvalue weighted by Gasteiger charge is 2.04. The summed E-state index contributed by atoms with van der Waals surface area (Å²) in [6.45, 7) is 2.00. The zero-order valence-electron chi connectivity index (χ0n) is 7.44. The molecule has 0 saturated carbocycles. The molecule has 0 fully saturated rings. The Morgan fingerprint density at radius 1 is 1.23 bits per heavy atom. The fraction of sp³-hybridized carbons (Fsp3) is 0.100. The summed E-state index contributed by atoms with van der Waals surface area (Å²) in [4.78, 5) is 1.34. The van der Waals surface area contributed by atoms with Crippen molar-refractivity contribution in [3.8, 4) is 11.3 Å². The third kappa shape index (κ3) is 1.40. The van der Waals surface area contributed by atoms with Gasteiger partial charge >= 0.3 is 0 Å². The third-order valence-electron chi connectivity index (χ3n) is 1.96. The van der Waals surface area contributed by atoms with Crippen LogP contribution in [0.25, 0.3) is 11.3 Å². The summed E-state index contributed by atoms with van der Waals surface area (Å²) in [5.74, 6) is 5.52. The quantitative estimate of drug-likeness (QED) is 0.665. The van der Waals surface area contributed by atoms with Crippen molar-refractivity contribution >= 4 is 0 Å². The lowest BCUT2D eigenvalue weighted by Gasteiger charge is -1.95. The van der Waals surface area contributed by atoms with Crippen LogP contribution in [0.15, 0.2) is 36.5 Å². The van der Waals surface area contributed by atoms with Crippen molar-refractivity contribution in [1.29, 1.82) is 0 Å². The van der Waals surface area contributed by atoms with Crippen LogP contribution in [-0.4, -0.2) is 9.89 Å². The average molecular weight is 173 g/mol. The first kappa shape index (κ1) is 7.86. The van der Waals surface area contributed by atoms with Crippen LogP contribution in [0, 0.1) is 6.92 Å². The molecular formula is C10H11N3. The minimum Gasteiger partial charge on any atom is -0.323 e. The second-order valence-electron chi connectivity index (χ2n) is 3.01. The second-order valence-corrected chi connectivity index (χ2v) is 3.01. The fourth-order valence-electron chi connectivity index (χ4n) is 1.36. The maximum atomic E-state index is 5.52. The van der Waals surface area contributed by atoms with Gasteiger partial charge in [0.15, 0.2) is 0 Å². The molecule has 2 N–H and O–H groups in total. The van der Waals surface area contributed by atoms with Gasteiger partial charge in [-0.25, -0.2) is 0 Å². The zero-order chi connectivity index (χ0) is 9.26. The van der Waals surface area contributed by atoms with Gasteiger partial charge in [-0.1, -0.05) is 30.3 Å². The lowest BCUT2D eigenvalue weighted by molar-refractivity contribution is 0.835. The van der Waals surface area contributed by atoms with Crippen LogP contribution in [0.2, 0.25) is 0 Å². The zero-order valence-corrected chi connectivity index (χ0v) is 7.44. The molecule has 0 aliphatic rings. The summed E-state index contributed by atoms with van der Waals surface area (Å²) < 4.78 is 0. The number of aromatic nitrogens is 2. The number of hydrogen-bond donors (Lipinski definition) is 1. The predicted molar refractivity (Wildman–Crippen MR) is 52.6 cm³/mol. The number of hydrogen-bond acceptors (Lipinski definition) is 2. The van der Waals surface area contributed by atoms with Gasteiger partial charge in [-0.15, -0.1) is 0 Å². The highest BCUT2D eigenvalue weighted by molar-refractivity contribution is 5.61. The molecule has 3 nitrogen and oxygen atoms in total. The molecule has 0 amide bonds. The SMILES string of the molecule is Cc1cn(N)nc1-c1ccccc1. The van der Waals surface area contributed by atoms with Crippen molar-refractivity contribution in [3.63, 3.8) is 0 Å². The van der Waals surface area contributed by atoms with E-state index in [2.05, 4.69) is 5.10 Å². The molecule has 0 aliphatic heterocycles. The Labute approximate surface area is 76.8 Å². The van der Waals surface area contributed by atoms with Gasteiger partial charge in [-0.2, -0.15) is 9.89 Å². The van der Waals surface area contributed by atoms with Crippen molar-refractivity contribution in [3.05, 3.63) is 42.1 Å². The minimum atomic E-state index is 0.947. The number of aryl methyl sites for hydroxylation is 1. The lowest BCUT2D eigenvalue weighted by Crippen LogP contribution is -2.07. The number of benzene rings is 1. The average Bonchev–Trinajstić information content (AvgIpc) is 2.47. The summed E-state index contributed by atoms with van der Waals surface area (Å²) in [6, 6.07) is 10.0. The normalized spacial score (nSPS) is 10.2. The van der Waals surface area contributed by atoms with Crippen LogP contribution in [0.1, 0.15) is 5.56 Å². The molecule has 1 heterocycles. The van der Waals surface area contributed by atoms with Crippen LogP contribution in [0.5, 0.6) is 0 Å². The van der Waals surface area contributed by atoms with Gasteiger partial charge in [0, 0.05) is 5.56 Å². The summed E-state index contributed by atoms with van der Waals surface area (Å²) in [5.41, 5.74) is 3.14. The van der Waals surface area contributed by atoms with E-state index in [1.165, 1.54) is 4.79 Å². The molecule has 3 heteroatoms. The summed E-state index contributed by atoms with van der Waals surface area (Å²) in [7, 11) is 0. The molecule has 0 aliphatic carbocycles. The monoisotopic (exact) mass is 173 g/mol. The molecule has 0 unspecified atom stereocenters. The van der Waals surface area contributed by atoms with Crippen LogP contribution in [0.3, 0.4) is 0 Å². The Morgan fingerprint density at radius 2 is 1.92 bits per heavy atom. The first-order valence-electron chi connectivity index (χ1n) is 4.14. The standard InChI is InChI=1S/C10H11N3/c1-8-7-13(11)12-10(8)9-5-3-2-4-6-9/h2-7H,11H2,1H3. The molecule has 0 atom stereocenters. The Hall–Kier alpha value is -1.77. The van der Waals surface area contributed by atoms with E-state index < -0.39 is 0 Å². The van der Waals surface area contributed by atoms with Crippen molar-refractivity contribution in [1.82, 2.24) is 9.89 Å². The number of rotatable bonds is 1. The first-order valence-corrected chi connectivity index (χ1v) is 4.14. The van der Waals surface area contributed by atoms with E-state index in [4.69, 9.17) is 5.84 Å². The third-order valence-corrected chi connectivity index (χ3v) is 1.96. The molecule has 1 aromatic heterocycles. The van der Waals surface area contributed by atoms with Gasteiger partial charge in [-0.3, -0.25) is 0 Å². The molecule has 2 aromatic rings. The number of nitrogens with zero attached hydrogens (tertiary/aromatic N) is 2. The summed E-state index contributed by atoms with van der Waals surface area (Å²) in [5, 5.41) is 4.17. The van der Waals surface area contributed by atoms with E-state index in [1.54, 1.807) is 0 Å². The van der Waals surface area contributed by atoms with Gasteiger partial charge in [0.05, 0.1) is 11.9 Å². The Bertz CT molecular complexity index is 403. The highest BCUT2D eigenvalue weighted by Crippen LogP contribution is 2.19. The maximum absolute atomic E-state index is 5.52. The molecule has 66 valence electrons. The molecule has 0 spiro atoms. The minimum absolute atomic E-state index is 0.947. The van der Waals surface area contributed by atoms with Crippen molar-refractivity contribution < 1.29 is 0 Å². The van der Waals surface area contributed by atoms with Gasteiger partial charge in [0.1, 0.15) is 0 Å². The van der Waals surface area contributed by atoms with Gasteiger partial charge in [-0.05, 0) is 12.5 Å². The molecule has 0 saturated heterocycles. The van der Waals surface area contributed by atoms with Crippen molar-refractivity contribution in [2.75, 3.05) is 5.84 Å². The predicted octanol–water partition coefficient (Wildman–Crippen LogP) is 1.57. The number of nitrogens with two attached hydrogens (primary N) is 1. The van der Waals surface area contributed by atoms with Crippen LogP contribution in [-0.2, 0) is 0 Å². The van der Waals surface area contributed by atoms with Crippen LogP contribution < -0.4 is 5.84 Å². The second kappa shape index (κ2) is 2.94. The Balaban J connectivity index is 2.53. The maximum Gasteiger partial charge on any atom is 0.0973 e. The Morgan fingerprint density at radius 3 is 2.46 bits per heavy atom. The highest BCUT2D eigenvalue weighted by atomic mass is 15.5. The number of nitrogen functional groups attached to an aromatic ring is 1. The topological polar surface area (TPSA) is 43.8 Å². The molecule has 0 radical (unpaired) electrons. The van der Waals surface area contributed by atoms with Crippen molar-refractivity contribution in [2.24, 2.45) is 0 Å². The van der Waals surface area contributed by atoms with Gasteiger partial charge in [0.25, 0.3) is 0 Å². The van der Waals surface area contributed by atoms with E-state index in [0.29, 0.717) is 0 Å². The van der Waals surface area contributed by atoms with E-state index in [-0.39, 0.29) is 0 Å². The van der Waals surface area contributed by atoms with E-state index in [0.717, 1.165) is 16.8 Å². The summed E-state index contributed by atoms with van der Waals surface area (Å²) in [6.07, 6.45) is 1.81. The molecule has 13 heavy (non-hydrogen) atoms. The lowest BCUT2D eigenvalue weighted by atomic mass is 10.1. The van der Waals surface area contributed by atoms with Crippen LogP contribution >= 0.6 is 0 Å². The first-order chi connectivity index (χ1) is 6.27. The van der Waals surface area contributed by atoms with E-state index >= 15 is 0 Å². The van der Waals surface area contributed by atoms with Gasteiger partial charge in [0.2, 0.25) is 0 Å². The molecular weight excluding hydrogens is 162 g/mol. The van der Waals surface area contributed by atoms with Crippen molar-refractivity contribution in [2.45, 2.75) is 6.92 Å². The van der Waals surface area contributed by atoms with Crippen LogP contribution in [0.4, 0.5) is 0 Å². The smallest absolute Gasteiger partial charge is 0.0973 e.